The zero-order valence-corrected chi connectivity index (χ0v) is 15.2. The van der Waals surface area contributed by atoms with E-state index in [0.717, 1.165) is 16.8 Å². The topological polar surface area (TPSA) is 55.1 Å². The van der Waals surface area contributed by atoms with Gasteiger partial charge in [0.2, 0.25) is 5.95 Å². The normalized spacial score (nSPS) is 11.2. The highest BCUT2D eigenvalue weighted by atomic mass is 19.1. The fraction of sp³-hybridized carbons (Fsp3) is 0. The van der Waals surface area contributed by atoms with Crippen LogP contribution in [0.25, 0.3) is 11.4 Å². The quantitative estimate of drug-likeness (QED) is 0.366. The Bertz CT molecular complexity index is 1200. The molecule has 0 atom stereocenters. The third-order valence-corrected chi connectivity index (χ3v) is 4.10. The second-order valence-corrected chi connectivity index (χ2v) is 6.19. The maximum atomic E-state index is 14.3. The van der Waals surface area contributed by atoms with Crippen molar-refractivity contribution in [1.82, 2.24) is 14.9 Å². The van der Waals surface area contributed by atoms with E-state index in [2.05, 4.69) is 20.6 Å². The number of hydrogen-bond acceptors (Lipinski definition) is 4. The highest BCUT2D eigenvalue weighted by Gasteiger charge is 2.20. The first-order chi connectivity index (χ1) is 14.5. The van der Waals surface area contributed by atoms with Gasteiger partial charge in [-0.3, -0.25) is 0 Å². The molecule has 1 aromatic heterocycles. The van der Waals surface area contributed by atoms with Crippen LogP contribution in [0, 0.1) is 23.3 Å². The van der Waals surface area contributed by atoms with Crippen molar-refractivity contribution < 1.29 is 17.6 Å². The van der Waals surface area contributed by atoms with E-state index in [1.54, 1.807) is 6.07 Å². The molecule has 0 bridgehead atoms. The summed E-state index contributed by atoms with van der Waals surface area (Å²) >= 11 is 0. The zero-order chi connectivity index (χ0) is 21.1. The van der Waals surface area contributed by atoms with E-state index >= 15 is 0 Å². The van der Waals surface area contributed by atoms with E-state index in [0.29, 0.717) is 11.3 Å². The molecule has 0 saturated heterocycles. The van der Waals surface area contributed by atoms with Crippen molar-refractivity contribution in [2.75, 3.05) is 5.32 Å². The minimum atomic E-state index is -0.849. The lowest BCUT2D eigenvalue weighted by atomic mass is 10.2. The van der Waals surface area contributed by atoms with E-state index in [-0.39, 0.29) is 11.8 Å². The monoisotopic (exact) mass is 411 g/mol. The molecule has 150 valence electrons. The number of anilines is 2. The lowest BCUT2D eigenvalue weighted by molar-refractivity contribution is 0.585. The molecule has 0 aliphatic carbocycles. The summed E-state index contributed by atoms with van der Waals surface area (Å²) in [6.45, 7) is 0. The molecular formula is C21H13F4N5. The Hall–Kier alpha value is -4.01. The standard InChI is InChI=1S/C21H13F4N5/c22-14-7-9-16(10-8-14)27-21-29-28-20(19-17(24)5-2-6-18(19)25)30(21)26-12-13-3-1-4-15(23)11-13/h1-12H,(H,27,29)/b26-12+. The maximum Gasteiger partial charge on any atom is 0.250 e. The SMILES string of the molecule is Fc1ccc(Nc2nnc(-c3c(F)cccc3F)n2/N=C/c2cccc(F)c2)cc1. The van der Waals surface area contributed by atoms with Crippen LogP contribution in [0.4, 0.5) is 29.2 Å². The minimum absolute atomic E-state index is 0.0203. The molecule has 0 fully saturated rings. The average molecular weight is 411 g/mol. The van der Waals surface area contributed by atoms with E-state index in [4.69, 9.17) is 0 Å². The molecular weight excluding hydrogens is 398 g/mol. The smallest absolute Gasteiger partial charge is 0.250 e. The minimum Gasteiger partial charge on any atom is -0.323 e. The molecule has 1 heterocycles. The predicted octanol–water partition coefficient (Wildman–Crippen LogP) is 5.13. The summed E-state index contributed by atoms with van der Waals surface area (Å²) in [7, 11) is 0. The lowest BCUT2D eigenvalue weighted by Gasteiger charge is -2.08. The summed E-state index contributed by atoms with van der Waals surface area (Å²) in [6, 6.07) is 14.4. The van der Waals surface area contributed by atoms with Crippen LogP contribution in [0.1, 0.15) is 5.56 Å². The summed E-state index contributed by atoms with van der Waals surface area (Å²) < 4.78 is 56.3. The lowest BCUT2D eigenvalue weighted by Crippen LogP contribution is -2.03. The Kier molecular flexibility index (Phi) is 5.25. The summed E-state index contributed by atoms with van der Waals surface area (Å²) in [5.74, 6) is -2.78. The van der Waals surface area contributed by atoms with Gasteiger partial charge in [0.25, 0.3) is 0 Å². The van der Waals surface area contributed by atoms with Gasteiger partial charge in [-0.25, -0.2) is 17.6 Å². The molecule has 0 radical (unpaired) electrons. The van der Waals surface area contributed by atoms with Crippen molar-refractivity contribution in [1.29, 1.82) is 0 Å². The zero-order valence-electron chi connectivity index (χ0n) is 15.2. The van der Waals surface area contributed by atoms with Crippen LogP contribution >= 0.6 is 0 Å². The van der Waals surface area contributed by atoms with Gasteiger partial charge in [0.1, 0.15) is 23.3 Å². The van der Waals surface area contributed by atoms with Crippen molar-refractivity contribution in [3.63, 3.8) is 0 Å². The van der Waals surface area contributed by atoms with E-state index < -0.39 is 28.8 Å². The first-order valence-electron chi connectivity index (χ1n) is 8.73. The Morgan fingerprint density at radius 3 is 2.20 bits per heavy atom. The molecule has 4 aromatic rings. The summed E-state index contributed by atoms with van der Waals surface area (Å²) in [5, 5.41) is 14.8. The predicted molar refractivity (Wildman–Crippen MR) is 104 cm³/mol. The van der Waals surface area contributed by atoms with Crippen LogP contribution in [-0.4, -0.2) is 21.1 Å². The van der Waals surface area contributed by atoms with Crippen LogP contribution in [-0.2, 0) is 0 Å². The number of aromatic nitrogens is 3. The van der Waals surface area contributed by atoms with Gasteiger partial charge in [0.15, 0.2) is 5.82 Å². The van der Waals surface area contributed by atoms with Gasteiger partial charge in [-0.2, -0.15) is 9.78 Å². The Labute approximate surface area is 168 Å². The van der Waals surface area contributed by atoms with E-state index in [1.807, 2.05) is 0 Å². The van der Waals surface area contributed by atoms with E-state index in [9.17, 15) is 17.6 Å². The van der Waals surface area contributed by atoms with Crippen molar-refractivity contribution in [2.24, 2.45) is 5.10 Å². The Morgan fingerprint density at radius 1 is 0.800 bits per heavy atom. The summed E-state index contributed by atoms with van der Waals surface area (Å²) in [5.41, 5.74) is 0.441. The molecule has 4 rings (SSSR count). The first kappa shape index (κ1) is 19.3. The van der Waals surface area contributed by atoms with Crippen LogP contribution in [0.2, 0.25) is 0 Å². The Balaban J connectivity index is 1.80. The fourth-order valence-corrected chi connectivity index (χ4v) is 2.71. The van der Waals surface area contributed by atoms with Gasteiger partial charge in [-0.1, -0.05) is 18.2 Å². The summed E-state index contributed by atoms with van der Waals surface area (Å²) in [4.78, 5) is 0. The first-order valence-corrected chi connectivity index (χ1v) is 8.73. The highest BCUT2D eigenvalue weighted by Crippen LogP contribution is 2.27. The maximum absolute atomic E-state index is 14.3. The largest absolute Gasteiger partial charge is 0.323 e. The molecule has 0 aliphatic rings. The molecule has 0 spiro atoms. The number of halogens is 4. The van der Waals surface area contributed by atoms with Crippen molar-refractivity contribution in [3.8, 4) is 11.4 Å². The summed E-state index contributed by atoms with van der Waals surface area (Å²) in [6.07, 6.45) is 1.30. The van der Waals surface area contributed by atoms with Crippen molar-refractivity contribution in [3.05, 3.63) is 95.6 Å². The molecule has 3 aromatic carbocycles. The number of hydrogen-bond donors (Lipinski definition) is 1. The van der Waals surface area contributed by atoms with Crippen LogP contribution < -0.4 is 5.32 Å². The molecule has 0 saturated carbocycles. The third-order valence-electron chi connectivity index (χ3n) is 4.10. The van der Waals surface area contributed by atoms with Crippen molar-refractivity contribution >= 4 is 17.9 Å². The highest BCUT2D eigenvalue weighted by molar-refractivity contribution is 5.80. The third kappa shape index (κ3) is 4.04. The van der Waals surface area contributed by atoms with Gasteiger partial charge in [0.05, 0.1) is 11.8 Å². The fourth-order valence-electron chi connectivity index (χ4n) is 2.71. The number of nitrogens with one attached hydrogen (secondary N) is 1. The second-order valence-electron chi connectivity index (χ2n) is 6.19. The molecule has 0 unspecified atom stereocenters. The van der Waals surface area contributed by atoms with Gasteiger partial charge in [-0.05, 0) is 54.1 Å². The molecule has 9 heteroatoms. The molecule has 30 heavy (non-hydrogen) atoms. The second kappa shape index (κ2) is 8.16. The van der Waals surface area contributed by atoms with Crippen LogP contribution in [0.15, 0.2) is 71.8 Å². The molecule has 1 N–H and O–H groups in total. The van der Waals surface area contributed by atoms with Gasteiger partial charge >= 0.3 is 0 Å². The Morgan fingerprint density at radius 2 is 1.50 bits per heavy atom. The number of nitrogens with zero attached hydrogens (tertiary/aromatic N) is 4. The molecule has 0 aliphatic heterocycles. The molecule has 0 amide bonds. The average Bonchev–Trinajstić information content (AvgIpc) is 3.10. The van der Waals surface area contributed by atoms with Gasteiger partial charge in [0, 0.05) is 5.69 Å². The molecule has 5 nitrogen and oxygen atoms in total. The van der Waals surface area contributed by atoms with Crippen LogP contribution in [0.3, 0.4) is 0 Å². The van der Waals surface area contributed by atoms with Crippen molar-refractivity contribution in [2.45, 2.75) is 0 Å². The number of benzene rings is 3. The van der Waals surface area contributed by atoms with Gasteiger partial charge < -0.3 is 5.32 Å². The van der Waals surface area contributed by atoms with Gasteiger partial charge in [-0.15, -0.1) is 10.2 Å². The number of rotatable bonds is 5. The van der Waals surface area contributed by atoms with E-state index in [1.165, 1.54) is 54.7 Å². The van der Waals surface area contributed by atoms with Crippen LogP contribution in [0.5, 0.6) is 0 Å².